The molecule has 162 valence electrons. The summed E-state index contributed by atoms with van der Waals surface area (Å²) in [7, 11) is 2.13. The van der Waals surface area contributed by atoms with Crippen molar-refractivity contribution in [2.24, 2.45) is 0 Å². The molecule has 1 saturated heterocycles. The number of carbonyl (C=O) groups excluding carboxylic acids is 1. The second-order valence-electron chi connectivity index (χ2n) is 8.71. The minimum atomic E-state index is -0.0118. The minimum Gasteiger partial charge on any atom is -0.349 e. The molecule has 0 bridgehead atoms. The maximum Gasteiger partial charge on any atom is 0.252 e. The van der Waals surface area contributed by atoms with Crippen LogP contribution < -0.4 is 5.32 Å². The Bertz CT molecular complexity index is 1040. The van der Waals surface area contributed by atoms with E-state index in [0.717, 1.165) is 56.2 Å². The maximum atomic E-state index is 12.8. The fourth-order valence-electron chi connectivity index (χ4n) is 4.68. The smallest absolute Gasteiger partial charge is 0.252 e. The van der Waals surface area contributed by atoms with E-state index in [4.69, 9.17) is 0 Å². The van der Waals surface area contributed by atoms with Gasteiger partial charge in [0.15, 0.2) is 11.5 Å². The first-order chi connectivity index (χ1) is 15.2. The molecule has 0 spiro atoms. The largest absolute Gasteiger partial charge is 0.349 e. The molecule has 31 heavy (non-hydrogen) atoms. The summed E-state index contributed by atoms with van der Waals surface area (Å²) < 4.78 is 1.98. The van der Waals surface area contributed by atoms with Gasteiger partial charge in [-0.3, -0.25) is 24.0 Å². The average Bonchev–Trinajstić information content (AvgIpc) is 3.45. The number of fused-ring (bicyclic) bond motifs is 1. The Kier molecular flexibility index (Phi) is 5.65. The van der Waals surface area contributed by atoms with Gasteiger partial charge in [-0.15, -0.1) is 10.2 Å². The summed E-state index contributed by atoms with van der Waals surface area (Å²) in [5.74, 6) is 0.862. The predicted octanol–water partition coefficient (Wildman–Crippen LogP) is 2.29. The summed E-state index contributed by atoms with van der Waals surface area (Å²) in [5, 5.41) is 12.1. The number of piperazine rings is 1. The van der Waals surface area contributed by atoms with Crippen LogP contribution in [-0.4, -0.2) is 68.0 Å². The lowest BCUT2D eigenvalue weighted by molar-refractivity contribution is 0.0844. The van der Waals surface area contributed by atoms with Crippen LogP contribution >= 0.6 is 0 Å². The van der Waals surface area contributed by atoms with Gasteiger partial charge in [-0.25, -0.2) is 0 Å². The quantitative estimate of drug-likeness (QED) is 0.684. The number of aromatic nitrogens is 4. The van der Waals surface area contributed by atoms with Crippen LogP contribution in [0.3, 0.4) is 0 Å². The van der Waals surface area contributed by atoms with Crippen molar-refractivity contribution >= 4 is 11.6 Å². The molecule has 3 aromatic rings. The SMILES string of the molecule is CN1CCN(Cc2ccccn2)CC1c1nnc2ccc(C(=O)NC3CCCC3)cn12. The van der Waals surface area contributed by atoms with E-state index in [1.807, 2.05) is 41.1 Å². The first-order valence-electron chi connectivity index (χ1n) is 11.2. The molecule has 4 heterocycles. The molecular formula is C23H29N7O. The second kappa shape index (κ2) is 8.72. The van der Waals surface area contributed by atoms with E-state index in [9.17, 15) is 4.79 Å². The lowest BCUT2D eigenvalue weighted by atomic mass is 10.1. The third-order valence-electron chi connectivity index (χ3n) is 6.52. The summed E-state index contributed by atoms with van der Waals surface area (Å²) in [6.07, 6.45) is 8.27. The third-order valence-corrected chi connectivity index (χ3v) is 6.52. The van der Waals surface area contributed by atoms with Crippen molar-refractivity contribution < 1.29 is 4.79 Å². The van der Waals surface area contributed by atoms with Gasteiger partial charge in [-0.2, -0.15) is 0 Å². The first kappa shape index (κ1) is 20.1. The zero-order valence-corrected chi connectivity index (χ0v) is 17.9. The predicted molar refractivity (Wildman–Crippen MR) is 118 cm³/mol. The Labute approximate surface area is 182 Å². The van der Waals surface area contributed by atoms with E-state index >= 15 is 0 Å². The monoisotopic (exact) mass is 419 g/mol. The molecule has 1 unspecified atom stereocenters. The van der Waals surface area contributed by atoms with Crippen molar-refractivity contribution in [3.05, 3.63) is 59.8 Å². The van der Waals surface area contributed by atoms with Gasteiger partial charge >= 0.3 is 0 Å². The van der Waals surface area contributed by atoms with Crippen LogP contribution in [0.1, 0.15) is 53.6 Å². The van der Waals surface area contributed by atoms with Gasteiger partial charge in [0.05, 0.1) is 17.3 Å². The normalized spacial score (nSPS) is 21.0. The Morgan fingerprint density at radius 1 is 1.13 bits per heavy atom. The highest BCUT2D eigenvalue weighted by Gasteiger charge is 2.30. The average molecular weight is 420 g/mol. The number of hydrogen-bond acceptors (Lipinski definition) is 6. The molecule has 1 aliphatic carbocycles. The summed E-state index contributed by atoms with van der Waals surface area (Å²) in [6.45, 7) is 3.58. The molecule has 1 saturated carbocycles. The highest BCUT2D eigenvalue weighted by Crippen LogP contribution is 2.25. The number of carbonyl (C=O) groups is 1. The van der Waals surface area contributed by atoms with Crippen LogP contribution in [0, 0.1) is 0 Å². The van der Waals surface area contributed by atoms with E-state index in [1.165, 1.54) is 12.8 Å². The lowest BCUT2D eigenvalue weighted by Crippen LogP contribution is -2.46. The minimum absolute atomic E-state index is 0.0118. The molecule has 2 aliphatic rings. The standard InChI is InChI=1S/C23H29N7O/c1-28-12-13-29(15-19-8-4-5-11-24-19)16-20(28)22-27-26-21-10-9-17(14-30(21)22)23(31)25-18-6-2-3-7-18/h4-5,8-11,14,18,20H,2-3,6-7,12-13,15-16H2,1H3,(H,25,31). The van der Waals surface area contributed by atoms with E-state index in [2.05, 4.69) is 43.4 Å². The molecule has 3 aromatic heterocycles. The summed E-state index contributed by atoms with van der Waals surface area (Å²) in [5.41, 5.74) is 2.50. The topological polar surface area (TPSA) is 78.7 Å². The molecule has 5 rings (SSSR count). The van der Waals surface area contributed by atoms with Crippen molar-refractivity contribution in [1.29, 1.82) is 0 Å². The molecule has 2 fully saturated rings. The highest BCUT2D eigenvalue weighted by atomic mass is 16.1. The Morgan fingerprint density at radius 3 is 2.81 bits per heavy atom. The van der Waals surface area contributed by atoms with Crippen molar-refractivity contribution in [1.82, 2.24) is 34.7 Å². The Balaban J connectivity index is 1.37. The number of rotatable bonds is 5. The van der Waals surface area contributed by atoms with Crippen molar-refractivity contribution in [3.63, 3.8) is 0 Å². The zero-order chi connectivity index (χ0) is 21.2. The zero-order valence-electron chi connectivity index (χ0n) is 17.9. The van der Waals surface area contributed by atoms with Gasteiger partial charge in [0, 0.05) is 44.6 Å². The van der Waals surface area contributed by atoms with Crippen LogP contribution in [0.4, 0.5) is 0 Å². The lowest BCUT2D eigenvalue weighted by Gasteiger charge is -2.38. The van der Waals surface area contributed by atoms with Gasteiger partial charge in [-0.1, -0.05) is 18.9 Å². The Hall–Kier alpha value is -2.84. The van der Waals surface area contributed by atoms with Crippen molar-refractivity contribution in [2.45, 2.75) is 44.3 Å². The third kappa shape index (κ3) is 4.31. The summed E-state index contributed by atoms with van der Waals surface area (Å²) in [6, 6.07) is 10.2. The molecule has 1 atom stereocenters. The van der Waals surface area contributed by atoms with Crippen LogP contribution in [0.25, 0.3) is 5.65 Å². The van der Waals surface area contributed by atoms with Crippen LogP contribution in [0.5, 0.6) is 0 Å². The van der Waals surface area contributed by atoms with E-state index in [1.54, 1.807) is 0 Å². The second-order valence-corrected chi connectivity index (χ2v) is 8.71. The fraction of sp³-hybridized carbons (Fsp3) is 0.478. The molecule has 1 amide bonds. The van der Waals surface area contributed by atoms with E-state index in [-0.39, 0.29) is 11.9 Å². The number of nitrogens with zero attached hydrogens (tertiary/aromatic N) is 6. The van der Waals surface area contributed by atoms with Crippen LogP contribution in [0.2, 0.25) is 0 Å². The van der Waals surface area contributed by atoms with E-state index < -0.39 is 0 Å². The fourth-order valence-corrected chi connectivity index (χ4v) is 4.68. The number of pyridine rings is 2. The van der Waals surface area contributed by atoms with Crippen LogP contribution in [0.15, 0.2) is 42.7 Å². The van der Waals surface area contributed by atoms with Gasteiger partial charge in [0.25, 0.3) is 5.91 Å². The molecule has 8 nitrogen and oxygen atoms in total. The van der Waals surface area contributed by atoms with Gasteiger partial charge in [-0.05, 0) is 44.2 Å². The van der Waals surface area contributed by atoms with Gasteiger partial charge < -0.3 is 5.32 Å². The molecular weight excluding hydrogens is 390 g/mol. The molecule has 8 heteroatoms. The molecule has 0 aromatic carbocycles. The van der Waals surface area contributed by atoms with Crippen molar-refractivity contribution in [3.8, 4) is 0 Å². The first-order valence-corrected chi connectivity index (χ1v) is 11.2. The molecule has 1 aliphatic heterocycles. The number of amides is 1. The summed E-state index contributed by atoms with van der Waals surface area (Å²) >= 11 is 0. The maximum absolute atomic E-state index is 12.8. The molecule has 0 radical (unpaired) electrons. The summed E-state index contributed by atoms with van der Waals surface area (Å²) in [4.78, 5) is 22.0. The van der Waals surface area contributed by atoms with Gasteiger partial charge in [0.2, 0.25) is 0 Å². The number of hydrogen-bond donors (Lipinski definition) is 1. The van der Waals surface area contributed by atoms with Gasteiger partial charge in [0.1, 0.15) is 0 Å². The van der Waals surface area contributed by atoms with Crippen molar-refractivity contribution in [2.75, 3.05) is 26.7 Å². The van der Waals surface area contributed by atoms with Crippen LogP contribution in [-0.2, 0) is 6.54 Å². The highest BCUT2D eigenvalue weighted by molar-refractivity contribution is 5.94. The number of nitrogens with one attached hydrogen (secondary N) is 1. The van der Waals surface area contributed by atoms with E-state index in [0.29, 0.717) is 11.6 Å². The number of likely N-dealkylation sites (N-methyl/N-ethyl adjacent to an activating group) is 1. The molecule has 1 N–H and O–H groups in total. The Morgan fingerprint density at radius 2 is 2.00 bits per heavy atom.